The van der Waals surface area contributed by atoms with Crippen molar-refractivity contribution in [3.05, 3.63) is 90.5 Å². The molecule has 0 fully saturated rings. The smallest absolute Gasteiger partial charge is 0.142 e. The molecule has 1 N–H and O–H groups in total. The fourth-order valence-corrected chi connectivity index (χ4v) is 3.35. The quantitative estimate of drug-likeness (QED) is 0.457. The zero-order valence-electron chi connectivity index (χ0n) is 14.6. The molecule has 0 amide bonds. The van der Waals surface area contributed by atoms with Crippen LogP contribution in [0.1, 0.15) is 12.5 Å². The van der Waals surface area contributed by atoms with E-state index in [0.717, 1.165) is 40.2 Å². The maximum absolute atomic E-state index is 9.64. The number of phenols is 1. The lowest BCUT2D eigenvalue weighted by Gasteiger charge is -2.06. The first-order valence-electron chi connectivity index (χ1n) is 8.84. The molecule has 0 bridgehead atoms. The van der Waals surface area contributed by atoms with Crippen molar-refractivity contribution in [2.24, 2.45) is 0 Å². The number of rotatable bonds is 4. The summed E-state index contributed by atoms with van der Waals surface area (Å²) in [6.07, 6.45) is 0.871. The molecule has 0 atom stereocenters. The van der Waals surface area contributed by atoms with Crippen molar-refractivity contribution in [1.82, 2.24) is 0 Å². The van der Waals surface area contributed by atoms with Crippen LogP contribution >= 0.6 is 0 Å². The Morgan fingerprint density at radius 1 is 0.654 bits per heavy atom. The van der Waals surface area contributed by atoms with Gasteiger partial charge in [0.1, 0.15) is 17.3 Å². The Labute approximate surface area is 153 Å². The average Bonchev–Trinajstić information content (AvgIpc) is 3.09. The first-order valence-corrected chi connectivity index (χ1v) is 8.84. The monoisotopic (exact) mass is 340 g/mol. The number of hydrogen-bond donors (Lipinski definition) is 1. The van der Waals surface area contributed by atoms with Crippen molar-refractivity contribution in [1.29, 1.82) is 0 Å². The van der Waals surface area contributed by atoms with Gasteiger partial charge in [0.15, 0.2) is 0 Å². The highest BCUT2D eigenvalue weighted by Crippen LogP contribution is 2.43. The molecule has 0 saturated carbocycles. The maximum atomic E-state index is 9.64. The predicted molar refractivity (Wildman–Crippen MR) is 106 cm³/mol. The zero-order chi connectivity index (χ0) is 17.9. The number of aromatic hydroxyl groups is 1. The van der Waals surface area contributed by atoms with Crippen LogP contribution in [0, 0.1) is 0 Å². The van der Waals surface area contributed by atoms with Gasteiger partial charge in [-0.05, 0) is 36.2 Å². The number of hydrogen-bond acceptors (Lipinski definition) is 2. The second-order valence-electron chi connectivity index (χ2n) is 6.25. The van der Waals surface area contributed by atoms with E-state index < -0.39 is 0 Å². The minimum absolute atomic E-state index is 0.251. The molecular formula is C24H20O2. The molecule has 0 aliphatic rings. The normalized spacial score (nSPS) is 10.8. The van der Waals surface area contributed by atoms with E-state index in [4.69, 9.17) is 4.42 Å². The minimum atomic E-state index is 0.251. The van der Waals surface area contributed by atoms with E-state index in [1.807, 2.05) is 48.5 Å². The van der Waals surface area contributed by atoms with Gasteiger partial charge >= 0.3 is 0 Å². The van der Waals surface area contributed by atoms with E-state index in [9.17, 15) is 5.11 Å². The summed E-state index contributed by atoms with van der Waals surface area (Å²) in [6, 6.07) is 27.7. The molecule has 4 aromatic rings. The van der Waals surface area contributed by atoms with Crippen LogP contribution in [0.3, 0.4) is 0 Å². The van der Waals surface area contributed by atoms with Crippen LogP contribution in [0.15, 0.2) is 89.3 Å². The Hall–Kier alpha value is -3.26. The van der Waals surface area contributed by atoms with E-state index >= 15 is 0 Å². The summed E-state index contributed by atoms with van der Waals surface area (Å²) < 4.78 is 6.42. The zero-order valence-corrected chi connectivity index (χ0v) is 14.6. The van der Waals surface area contributed by atoms with Gasteiger partial charge < -0.3 is 9.52 Å². The standard InChI is InChI=1S/C24H20O2/c1-2-21-22(17-9-5-3-6-10-17)24(19-13-15-20(25)16-14-19)26-23(21)18-11-7-4-8-12-18/h3-16,25H,2H2,1H3. The average molecular weight is 340 g/mol. The molecule has 0 radical (unpaired) electrons. The first-order chi connectivity index (χ1) is 12.8. The lowest BCUT2D eigenvalue weighted by Crippen LogP contribution is -1.87. The molecule has 0 saturated heterocycles. The van der Waals surface area contributed by atoms with Gasteiger partial charge in [0.05, 0.1) is 0 Å². The van der Waals surface area contributed by atoms with Crippen LogP contribution < -0.4 is 0 Å². The molecule has 128 valence electrons. The van der Waals surface area contributed by atoms with E-state index in [-0.39, 0.29) is 5.75 Å². The summed E-state index contributed by atoms with van der Waals surface area (Å²) in [5.74, 6) is 2.00. The van der Waals surface area contributed by atoms with Gasteiger partial charge in [-0.3, -0.25) is 0 Å². The summed E-state index contributed by atoms with van der Waals surface area (Å²) in [5, 5.41) is 9.64. The van der Waals surface area contributed by atoms with Gasteiger partial charge in [-0.15, -0.1) is 0 Å². The Morgan fingerprint density at radius 3 is 1.77 bits per heavy atom. The van der Waals surface area contributed by atoms with Crippen molar-refractivity contribution in [2.75, 3.05) is 0 Å². The third-order valence-corrected chi connectivity index (χ3v) is 4.59. The summed E-state index contributed by atoms with van der Waals surface area (Å²) in [7, 11) is 0. The topological polar surface area (TPSA) is 33.4 Å². The van der Waals surface area contributed by atoms with Crippen molar-refractivity contribution < 1.29 is 9.52 Å². The summed E-state index contributed by atoms with van der Waals surface area (Å²) in [5.41, 5.74) is 5.49. The minimum Gasteiger partial charge on any atom is -0.508 e. The number of furan rings is 1. The fraction of sp³-hybridized carbons (Fsp3) is 0.0833. The molecular weight excluding hydrogens is 320 g/mol. The molecule has 2 heteroatoms. The van der Waals surface area contributed by atoms with Crippen LogP contribution in [0.2, 0.25) is 0 Å². The predicted octanol–water partition coefficient (Wildman–Crippen LogP) is 6.55. The van der Waals surface area contributed by atoms with E-state index in [0.29, 0.717) is 0 Å². The van der Waals surface area contributed by atoms with Gasteiger partial charge in [0.2, 0.25) is 0 Å². The van der Waals surface area contributed by atoms with Crippen LogP contribution in [0.25, 0.3) is 33.8 Å². The summed E-state index contributed by atoms with van der Waals surface area (Å²) in [6.45, 7) is 2.16. The molecule has 0 aliphatic heterocycles. The Kier molecular flexibility index (Phi) is 4.32. The third kappa shape index (κ3) is 2.91. The van der Waals surface area contributed by atoms with Crippen LogP contribution in [-0.2, 0) is 6.42 Å². The molecule has 2 nitrogen and oxygen atoms in total. The second-order valence-corrected chi connectivity index (χ2v) is 6.25. The van der Waals surface area contributed by atoms with Gasteiger partial charge in [-0.2, -0.15) is 0 Å². The van der Waals surface area contributed by atoms with Crippen molar-refractivity contribution >= 4 is 0 Å². The number of phenolic OH excluding ortho intramolecular Hbond substituents is 1. The van der Waals surface area contributed by atoms with Gasteiger partial charge in [-0.1, -0.05) is 67.6 Å². The molecule has 1 heterocycles. The largest absolute Gasteiger partial charge is 0.508 e. The highest BCUT2D eigenvalue weighted by atomic mass is 16.3. The van der Waals surface area contributed by atoms with Gasteiger partial charge in [0.25, 0.3) is 0 Å². The molecule has 0 unspecified atom stereocenters. The molecule has 1 aromatic heterocycles. The Balaban J connectivity index is 2.00. The van der Waals surface area contributed by atoms with Crippen LogP contribution in [0.5, 0.6) is 5.75 Å². The molecule has 4 rings (SSSR count). The lowest BCUT2D eigenvalue weighted by molar-refractivity contribution is 0.475. The summed E-state index contributed by atoms with van der Waals surface area (Å²) in [4.78, 5) is 0. The van der Waals surface area contributed by atoms with E-state index in [2.05, 4.69) is 31.2 Å². The van der Waals surface area contributed by atoms with Crippen molar-refractivity contribution in [3.8, 4) is 39.5 Å². The lowest BCUT2D eigenvalue weighted by atomic mass is 9.94. The van der Waals surface area contributed by atoms with Gasteiger partial charge in [-0.25, -0.2) is 0 Å². The van der Waals surface area contributed by atoms with E-state index in [1.165, 1.54) is 5.56 Å². The van der Waals surface area contributed by atoms with Crippen molar-refractivity contribution in [2.45, 2.75) is 13.3 Å². The van der Waals surface area contributed by atoms with E-state index in [1.54, 1.807) is 12.1 Å². The van der Waals surface area contributed by atoms with Crippen LogP contribution in [-0.4, -0.2) is 5.11 Å². The SMILES string of the molecule is CCc1c(-c2ccccc2)oc(-c2ccc(O)cc2)c1-c1ccccc1. The molecule has 0 aliphatic carbocycles. The second kappa shape index (κ2) is 6.93. The van der Waals surface area contributed by atoms with Crippen molar-refractivity contribution in [3.63, 3.8) is 0 Å². The third-order valence-electron chi connectivity index (χ3n) is 4.59. The number of benzene rings is 3. The maximum Gasteiger partial charge on any atom is 0.142 e. The molecule has 3 aromatic carbocycles. The van der Waals surface area contributed by atoms with Crippen LogP contribution in [0.4, 0.5) is 0 Å². The first kappa shape index (κ1) is 16.2. The highest BCUT2D eigenvalue weighted by Gasteiger charge is 2.22. The molecule has 0 spiro atoms. The summed E-state index contributed by atoms with van der Waals surface area (Å²) >= 11 is 0. The Morgan fingerprint density at radius 2 is 1.19 bits per heavy atom. The Bertz CT molecular complexity index is 998. The fourth-order valence-electron chi connectivity index (χ4n) is 3.35. The highest BCUT2D eigenvalue weighted by molar-refractivity contribution is 5.87. The molecule has 26 heavy (non-hydrogen) atoms. The van der Waals surface area contributed by atoms with Gasteiger partial charge in [0, 0.05) is 22.3 Å².